The van der Waals surface area contributed by atoms with Crippen LogP contribution in [0.25, 0.3) is 0 Å². The van der Waals surface area contributed by atoms with Gasteiger partial charge in [0, 0.05) is 24.0 Å². The maximum absolute atomic E-state index is 5.74. The Hall–Kier alpha value is -1.87. The number of thiocarbonyl (C=S) groups is 1. The minimum atomic E-state index is 0.453. The zero-order chi connectivity index (χ0) is 13.4. The minimum absolute atomic E-state index is 0.453. The van der Waals surface area contributed by atoms with Crippen LogP contribution < -0.4 is 10.6 Å². The number of nitrogens with zero attached hydrogens (tertiary/aromatic N) is 1. The van der Waals surface area contributed by atoms with Crippen LogP contribution in [0.2, 0.25) is 0 Å². The Kier molecular flexibility index (Phi) is 2.99. The van der Waals surface area contributed by atoms with Crippen molar-refractivity contribution < 1.29 is 0 Å². The third-order valence-electron chi connectivity index (χ3n) is 3.75. The molecule has 0 bridgehead atoms. The maximum Gasteiger partial charge on any atom is 0.104 e. The molecule has 19 heavy (non-hydrogen) atoms. The highest BCUT2D eigenvalue weighted by molar-refractivity contribution is 7.80. The van der Waals surface area contributed by atoms with Gasteiger partial charge in [0.25, 0.3) is 0 Å². The van der Waals surface area contributed by atoms with Gasteiger partial charge >= 0.3 is 0 Å². The predicted molar refractivity (Wildman–Crippen MR) is 84.2 cm³/mol. The van der Waals surface area contributed by atoms with Crippen molar-refractivity contribution in [2.45, 2.75) is 12.8 Å². The van der Waals surface area contributed by atoms with Crippen LogP contribution in [-0.4, -0.2) is 12.0 Å². The number of rotatable bonds is 1. The number of hydrogen-bond acceptors (Lipinski definition) is 2. The molecule has 0 saturated heterocycles. The van der Waals surface area contributed by atoms with Gasteiger partial charge in [-0.25, -0.2) is 0 Å². The molecule has 96 valence electrons. The van der Waals surface area contributed by atoms with E-state index in [1.807, 2.05) is 6.07 Å². The molecule has 0 amide bonds. The molecule has 0 fully saturated rings. The second-order valence-corrected chi connectivity index (χ2v) is 5.34. The normalized spacial score (nSPS) is 13.4. The summed E-state index contributed by atoms with van der Waals surface area (Å²) < 4.78 is 0. The van der Waals surface area contributed by atoms with Crippen molar-refractivity contribution in [1.82, 2.24) is 0 Å². The Labute approximate surface area is 118 Å². The second-order valence-electron chi connectivity index (χ2n) is 4.90. The molecular formula is C16H16N2S. The first kappa shape index (κ1) is 12.2. The van der Waals surface area contributed by atoms with Gasteiger partial charge in [-0.3, -0.25) is 0 Å². The molecule has 0 unspecified atom stereocenters. The van der Waals surface area contributed by atoms with Gasteiger partial charge in [0.2, 0.25) is 0 Å². The molecule has 0 spiro atoms. The van der Waals surface area contributed by atoms with E-state index in [9.17, 15) is 0 Å². The molecule has 1 heterocycles. The third-order valence-corrected chi connectivity index (χ3v) is 3.98. The van der Waals surface area contributed by atoms with Gasteiger partial charge in [-0.1, -0.05) is 42.5 Å². The van der Waals surface area contributed by atoms with E-state index in [1.54, 1.807) is 0 Å². The molecule has 2 N–H and O–H groups in total. The molecule has 2 aromatic carbocycles. The van der Waals surface area contributed by atoms with E-state index in [1.165, 1.54) is 22.5 Å². The number of anilines is 2. The number of aryl methyl sites for hydroxylation is 2. The van der Waals surface area contributed by atoms with Crippen molar-refractivity contribution in [2.24, 2.45) is 5.73 Å². The average molecular weight is 268 g/mol. The fraction of sp³-hybridized carbons (Fsp3) is 0.188. The van der Waals surface area contributed by atoms with Gasteiger partial charge in [0.15, 0.2) is 0 Å². The first-order chi connectivity index (χ1) is 9.16. The van der Waals surface area contributed by atoms with Crippen LogP contribution in [-0.2, 0) is 12.8 Å². The van der Waals surface area contributed by atoms with Crippen LogP contribution >= 0.6 is 12.2 Å². The molecule has 0 radical (unpaired) electrons. The first-order valence-corrected chi connectivity index (χ1v) is 6.82. The Balaban J connectivity index is 2.15. The summed E-state index contributed by atoms with van der Waals surface area (Å²) >= 11 is 5.08. The second kappa shape index (κ2) is 4.67. The van der Waals surface area contributed by atoms with Crippen LogP contribution in [0.3, 0.4) is 0 Å². The van der Waals surface area contributed by atoms with E-state index in [0.717, 1.165) is 18.4 Å². The van der Waals surface area contributed by atoms with Crippen LogP contribution in [0.5, 0.6) is 0 Å². The van der Waals surface area contributed by atoms with Crippen molar-refractivity contribution in [3.63, 3.8) is 0 Å². The van der Waals surface area contributed by atoms with Crippen LogP contribution in [0.15, 0.2) is 42.5 Å². The van der Waals surface area contributed by atoms with Crippen molar-refractivity contribution in [3.05, 3.63) is 59.2 Å². The summed E-state index contributed by atoms with van der Waals surface area (Å²) in [5.74, 6) is 0. The van der Waals surface area contributed by atoms with E-state index >= 15 is 0 Å². The minimum Gasteiger partial charge on any atom is -0.389 e. The zero-order valence-electron chi connectivity index (χ0n) is 10.9. The highest BCUT2D eigenvalue weighted by Crippen LogP contribution is 2.35. The summed E-state index contributed by atoms with van der Waals surface area (Å²) in [5.41, 5.74) is 11.9. The molecule has 0 aliphatic carbocycles. The Morgan fingerprint density at radius 1 is 1.05 bits per heavy atom. The SMILES string of the molecule is CN1c2ccccc2CCc2ccc(C(N)=S)cc21. The fourth-order valence-corrected chi connectivity index (χ4v) is 2.82. The average Bonchev–Trinajstić information content (AvgIpc) is 2.57. The summed E-state index contributed by atoms with van der Waals surface area (Å²) in [7, 11) is 2.10. The topological polar surface area (TPSA) is 29.3 Å². The number of para-hydroxylation sites is 1. The molecule has 2 aromatic rings. The van der Waals surface area contributed by atoms with E-state index in [-0.39, 0.29) is 0 Å². The van der Waals surface area contributed by atoms with Crippen molar-refractivity contribution in [3.8, 4) is 0 Å². The molecule has 1 aliphatic heterocycles. The molecule has 2 nitrogen and oxygen atoms in total. The van der Waals surface area contributed by atoms with Crippen molar-refractivity contribution in [2.75, 3.05) is 11.9 Å². The van der Waals surface area contributed by atoms with Gasteiger partial charge < -0.3 is 10.6 Å². The monoisotopic (exact) mass is 268 g/mol. The van der Waals surface area contributed by atoms with Crippen molar-refractivity contribution >= 4 is 28.6 Å². The van der Waals surface area contributed by atoms with Crippen LogP contribution in [0.4, 0.5) is 11.4 Å². The van der Waals surface area contributed by atoms with Gasteiger partial charge in [0.1, 0.15) is 4.99 Å². The lowest BCUT2D eigenvalue weighted by Crippen LogP contribution is -2.14. The molecule has 3 rings (SSSR count). The van der Waals surface area contributed by atoms with Gasteiger partial charge in [0.05, 0.1) is 0 Å². The van der Waals surface area contributed by atoms with Gasteiger partial charge in [-0.2, -0.15) is 0 Å². The lowest BCUT2D eigenvalue weighted by atomic mass is 10.0. The number of fused-ring (bicyclic) bond motifs is 2. The largest absolute Gasteiger partial charge is 0.389 e. The summed E-state index contributed by atoms with van der Waals surface area (Å²) in [4.78, 5) is 2.69. The molecule has 0 aromatic heterocycles. The number of benzene rings is 2. The summed E-state index contributed by atoms with van der Waals surface area (Å²) in [5, 5.41) is 0. The Morgan fingerprint density at radius 2 is 1.74 bits per heavy atom. The summed E-state index contributed by atoms with van der Waals surface area (Å²) in [6.07, 6.45) is 2.12. The highest BCUT2D eigenvalue weighted by Gasteiger charge is 2.17. The van der Waals surface area contributed by atoms with E-state index in [4.69, 9.17) is 18.0 Å². The number of hydrogen-bond donors (Lipinski definition) is 1. The summed E-state index contributed by atoms with van der Waals surface area (Å²) in [6, 6.07) is 14.8. The van der Waals surface area contributed by atoms with Gasteiger partial charge in [-0.15, -0.1) is 0 Å². The predicted octanol–water partition coefficient (Wildman–Crippen LogP) is 3.19. The smallest absolute Gasteiger partial charge is 0.104 e. The van der Waals surface area contributed by atoms with E-state index < -0.39 is 0 Å². The zero-order valence-corrected chi connectivity index (χ0v) is 11.7. The summed E-state index contributed by atoms with van der Waals surface area (Å²) in [6.45, 7) is 0. The molecule has 3 heteroatoms. The Morgan fingerprint density at radius 3 is 2.47 bits per heavy atom. The van der Waals surface area contributed by atoms with Crippen LogP contribution in [0, 0.1) is 0 Å². The third kappa shape index (κ3) is 2.10. The van der Waals surface area contributed by atoms with E-state index in [2.05, 4.69) is 48.3 Å². The quantitative estimate of drug-likeness (QED) is 0.805. The van der Waals surface area contributed by atoms with Crippen molar-refractivity contribution in [1.29, 1.82) is 0 Å². The Bertz CT molecular complexity index is 649. The molecular weight excluding hydrogens is 252 g/mol. The number of nitrogens with two attached hydrogens (primary N) is 1. The van der Waals surface area contributed by atoms with Gasteiger partial charge in [-0.05, 0) is 36.1 Å². The lowest BCUT2D eigenvalue weighted by molar-refractivity contribution is 0.977. The standard InChI is InChI=1S/C16H16N2S/c1-18-14-5-3-2-4-11(14)6-7-12-8-9-13(16(17)19)10-15(12)18/h2-5,8-10H,6-7H2,1H3,(H2,17,19). The molecule has 0 saturated carbocycles. The first-order valence-electron chi connectivity index (χ1n) is 6.41. The highest BCUT2D eigenvalue weighted by atomic mass is 32.1. The van der Waals surface area contributed by atoms with E-state index in [0.29, 0.717) is 4.99 Å². The fourth-order valence-electron chi connectivity index (χ4n) is 2.69. The molecule has 0 atom stereocenters. The van der Waals surface area contributed by atoms with Crippen LogP contribution in [0.1, 0.15) is 16.7 Å². The lowest BCUT2D eigenvalue weighted by Gasteiger charge is -2.22. The maximum atomic E-state index is 5.74. The molecule has 1 aliphatic rings.